The summed E-state index contributed by atoms with van der Waals surface area (Å²) < 4.78 is 6.00. The zero-order chi connectivity index (χ0) is 18.1. The molecular formula is C22H21ClN2O. The zero-order valence-corrected chi connectivity index (χ0v) is 15.4. The Hall–Kier alpha value is -2.49. The summed E-state index contributed by atoms with van der Waals surface area (Å²) in [5.74, 6) is 1.65. The first-order chi connectivity index (χ1) is 12.6. The maximum Gasteiger partial charge on any atom is 0.127 e. The van der Waals surface area contributed by atoms with E-state index in [0.29, 0.717) is 0 Å². The molecule has 0 aliphatic carbocycles. The minimum atomic E-state index is 0.238. The number of ether oxygens (including phenoxy) is 1. The average molecular weight is 365 g/mol. The molecule has 0 aromatic heterocycles. The highest BCUT2D eigenvalue weighted by Crippen LogP contribution is 2.37. The highest BCUT2D eigenvalue weighted by Gasteiger charge is 2.26. The van der Waals surface area contributed by atoms with Crippen LogP contribution in [0.25, 0.3) is 0 Å². The van der Waals surface area contributed by atoms with E-state index in [1.165, 1.54) is 16.7 Å². The molecule has 4 heteroatoms. The molecule has 0 spiro atoms. The second kappa shape index (κ2) is 7.02. The summed E-state index contributed by atoms with van der Waals surface area (Å²) in [6, 6.07) is 22.2. The van der Waals surface area contributed by atoms with Crippen molar-refractivity contribution in [2.75, 3.05) is 19.3 Å². The summed E-state index contributed by atoms with van der Waals surface area (Å²) in [7, 11) is 2.17. The van der Waals surface area contributed by atoms with Crippen LogP contribution in [0.2, 0.25) is 5.02 Å². The summed E-state index contributed by atoms with van der Waals surface area (Å²) >= 11 is 6.06. The molecule has 0 saturated carbocycles. The molecule has 1 unspecified atom stereocenters. The minimum absolute atomic E-state index is 0.238. The lowest BCUT2D eigenvalue weighted by atomic mass is 9.88. The molecule has 1 heterocycles. The van der Waals surface area contributed by atoms with Crippen LogP contribution in [-0.2, 0) is 6.42 Å². The Morgan fingerprint density at radius 3 is 2.38 bits per heavy atom. The average Bonchev–Trinajstić information content (AvgIpc) is 2.65. The number of fused-ring (bicyclic) bond motifs is 1. The Morgan fingerprint density at radius 1 is 0.962 bits per heavy atom. The van der Waals surface area contributed by atoms with Crippen molar-refractivity contribution in [2.45, 2.75) is 12.5 Å². The third kappa shape index (κ3) is 3.41. The van der Waals surface area contributed by atoms with Gasteiger partial charge in [0.15, 0.2) is 0 Å². The second-order valence-corrected chi connectivity index (χ2v) is 7.15. The van der Waals surface area contributed by atoms with Gasteiger partial charge in [0.2, 0.25) is 0 Å². The number of likely N-dealkylation sites (N-methyl/N-ethyl adjacent to an activating group) is 1. The van der Waals surface area contributed by atoms with Gasteiger partial charge in [-0.05, 0) is 78.7 Å². The van der Waals surface area contributed by atoms with Gasteiger partial charge < -0.3 is 10.5 Å². The van der Waals surface area contributed by atoms with E-state index in [1.54, 1.807) is 0 Å². The van der Waals surface area contributed by atoms with Gasteiger partial charge >= 0.3 is 0 Å². The number of halogens is 1. The predicted octanol–water partition coefficient (Wildman–Crippen LogP) is 5.29. The topological polar surface area (TPSA) is 38.5 Å². The van der Waals surface area contributed by atoms with Crippen molar-refractivity contribution in [2.24, 2.45) is 0 Å². The zero-order valence-electron chi connectivity index (χ0n) is 14.7. The summed E-state index contributed by atoms with van der Waals surface area (Å²) in [4.78, 5) is 2.38. The van der Waals surface area contributed by atoms with Gasteiger partial charge in [0.05, 0.1) is 6.04 Å². The molecule has 1 aliphatic heterocycles. The molecular weight excluding hydrogens is 344 g/mol. The van der Waals surface area contributed by atoms with E-state index in [4.69, 9.17) is 22.1 Å². The standard InChI is InChI=1S/C22H21ClN2O/c1-25-13-12-16-14-20(26-19-8-6-18(24)7-9-19)10-11-21(16)22(25)15-2-4-17(23)5-3-15/h2-11,14,22H,12-13,24H2,1H3. The van der Waals surface area contributed by atoms with Crippen LogP contribution in [0.3, 0.4) is 0 Å². The minimum Gasteiger partial charge on any atom is -0.457 e. The van der Waals surface area contributed by atoms with E-state index >= 15 is 0 Å². The monoisotopic (exact) mass is 364 g/mol. The number of hydrogen-bond acceptors (Lipinski definition) is 3. The highest BCUT2D eigenvalue weighted by molar-refractivity contribution is 6.30. The first-order valence-electron chi connectivity index (χ1n) is 8.72. The fourth-order valence-electron chi connectivity index (χ4n) is 3.54. The SMILES string of the molecule is CN1CCc2cc(Oc3ccc(N)cc3)ccc2C1c1ccc(Cl)cc1. The second-order valence-electron chi connectivity index (χ2n) is 6.72. The van der Waals surface area contributed by atoms with Gasteiger partial charge in [0.1, 0.15) is 11.5 Å². The molecule has 3 nitrogen and oxygen atoms in total. The maximum absolute atomic E-state index is 6.06. The van der Waals surface area contributed by atoms with Gasteiger partial charge in [-0.3, -0.25) is 4.90 Å². The third-order valence-corrected chi connectivity index (χ3v) is 5.14. The van der Waals surface area contributed by atoms with Gasteiger partial charge in [-0.25, -0.2) is 0 Å². The lowest BCUT2D eigenvalue weighted by molar-refractivity contribution is 0.264. The first-order valence-corrected chi connectivity index (χ1v) is 9.10. The Labute approximate surface area is 159 Å². The van der Waals surface area contributed by atoms with E-state index < -0.39 is 0 Å². The van der Waals surface area contributed by atoms with E-state index in [0.717, 1.165) is 35.2 Å². The molecule has 4 rings (SSSR count). The smallest absolute Gasteiger partial charge is 0.127 e. The maximum atomic E-state index is 6.06. The van der Waals surface area contributed by atoms with E-state index in [-0.39, 0.29) is 6.04 Å². The quantitative estimate of drug-likeness (QED) is 0.641. The molecule has 1 atom stereocenters. The number of rotatable bonds is 3. The molecule has 0 amide bonds. The van der Waals surface area contributed by atoms with Gasteiger partial charge in [0.25, 0.3) is 0 Å². The molecule has 3 aromatic rings. The Kier molecular flexibility index (Phi) is 4.58. The lowest BCUT2D eigenvalue weighted by Crippen LogP contribution is -2.32. The van der Waals surface area contributed by atoms with Crippen LogP contribution in [-0.4, -0.2) is 18.5 Å². The van der Waals surface area contributed by atoms with Gasteiger partial charge in [0, 0.05) is 17.3 Å². The Balaban J connectivity index is 1.64. The third-order valence-electron chi connectivity index (χ3n) is 4.89. The fourth-order valence-corrected chi connectivity index (χ4v) is 3.67. The molecule has 0 radical (unpaired) electrons. The van der Waals surface area contributed by atoms with Crippen LogP contribution in [0, 0.1) is 0 Å². The van der Waals surface area contributed by atoms with E-state index in [2.05, 4.69) is 36.2 Å². The van der Waals surface area contributed by atoms with Crippen LogP contribution in [0.4, 0.5) is 5.69 Å². The highest BCUT2D eigenvalue weighted by atomic mass is 35.5. The van der Waals surface area contributed by atoms with Crippen LogP contribution < -0.4 is 10.5 Å². The Bertz CT molecular complexity index is 906. The van der Waals surface area contributed by atoms with Crippen LogP contribution in [0.15, 0.2) is 66.7 Å². The van der Waals surface area contributed by atoms with Gasteiger partial charge in [-0.15, -0.1) is 0 Å². The lowest BCUT2D eigenvalue weighted by Gasteiger charge is -2.35. The summed E-state index contributed by atoms with van der Waals surface area (Å²) in [6.07, 6.45) is 1.01. The van der Waals surface area contributed by atoms with Crippen molar-refractivity contribution in [3.63, 3.8) is 0 Å². The molecule has 132 valence electrons. The van der Waals surface area contributed by atoms with E-state index in [9.17, 15) is 0 Å². The van der Waals surface area contributed by atoms with Crippen LogP contribution >= 0.6 is 11.6 Å². The predicted molar refractivity (Wildman–Crippen MR) is 107 cm³/mol. The normalized spacial score (nSPS) is 16.9. The number of nitrogen functional groups attached to an aromatic ring is 1. The molecule has 0 bridgehead atoms. The summed E-state index contributed by atoms with van der Waals surface area (Å²) in [5, 5.41) is 0.764. The number of hydrogen-bond donors (Lipinski definition) is 1. The van der Waals surface area contributed by atoms with Crippen molar-refractivity contribution in [1.29, 1.82) is 0 Å². The van der Waals surface area contributed by atoms with Gasteiger partial charge in [-0.2, -0.15) is 0 Å². The number of anilines is 1. The molecule has 0 fully saturated rings. The number of benzene rings is 3. The summed E-state index contributed by atoms with van der Waals surface area (Å²) in [6.45, 7) is 1.01. The fraction of sp³-hybridized carbons (Fsp3) is 0.182. The van der Waals surface area contributed by atoms with E-state index in [1.807, 2.05) is 42.5 Å². The van der Waals surface area contributed by atoms with Crippen molar-refractivity contribution in [3.8, 4) is 11.5 Å². The Morgan fingerprint density at radius 2 is 1.65 bits per heavy atom. The van der Waals surface area contributed by atoms with Crippen LogP contribution in [0.1, 0.15) is 22.7 Å². The molecule has 26 heavy (non-hydrogen) atoms. The van der Waals surface area contributed by atoms with Gasteiger partial charge in [-0.1, -0.05) is 29.8 Å². The van der Waals surface area contributed by atoms with Crippen molar-refractivity contribution >= 4 is 17.3 Å². The molecule has 2 N–H and O–H groups in total. The van der Waals surface area contributed by atoms with Crippen molar-refractivity contribution in [1.82, 2.24) is 4.90 Å². The van der Waals surface area contributed by atoms with Crippen molar-refractivity contribution in [3.05, 3.63) is 88.4 Å². The molecule has 0 saturated heterocycles. The summed E-state index contributed by atoms with van der Waals surface area (Å²) in [5.41, 5.74) is 10.4. The molecule has 1 aliphatic rings. The largest absolute Gasteiger partial charge is 0.457 e. The van der Waals surface area contributed by atoms with Crippen LogP contribution in [0.5, 0.6) is 11.5 Å². The number of nitrogens with zero attached hydrogens (tertiary/aromatic N) is 1. The first kappa shape index (κ1) is 17.0. The number of nitrogens with two attached hydrogens (primary N) is 1. The molecule has 3 aromatic carbocycles. The van der Waals surface area contributed by atoms with Crippen molar-refractivity contribution < 1.29 is 4.74 Å².